The van der Waals surface area contributed by atoms with E-state index in [0.717, 1.165) is 45.5 Å². The summed E-state index contributed by atoms with van der Waals surface area (Å²) >= 11 is 0. The van der Waals surface area contributed by atoms with E-state index in [1.807, 2.05) is 0 Å². The normalized spacial score (nSPS) is 18.6. The smallest absolute Gasteiger partial charge is 0.131 e. The van der Waals surface area contributed by atoms with Gasteiger partial charge in [-0.15, -0.1) is 0 Å². The summed E-state index contributed by atoms with van der Waals surface area (Å²) in [5, 5.41) is 3.09. The Hall–Kier alpha value is -1.10. The molecule has 2 unspecified atom stereocenters. The van der Waals surface area contributed by atoms with Crippen molar-refractivity contribution in [2.45, 2.75) is 115 Å². The Morgan fingerprint density at radius 1 is 0.676 bits per heavy atom. The molecule has 0 spiro atoms. The summed E-state index contributed by atoms with van der Waals surface area (Å²) in [6.07, 6.45) is 14.3. The van der Waals surface area contributed by atoms with Gasteiger partial charge in [-0.1, -0.05) is 73.9 Å². The Kier molecular flexibility index (Phi) is 9.73. The van der Waals surface area contributed by atoms with Crippen LogP contribution in [0, 0.1) is 0 Å². The van der Waals surface area contributed by atoms with E-state index >= 15 is 0 Å². The van der Waals surface area contributed by atoms with Crippen molar-refractivity contribution in [3.63, 3.8) is 0 Å². The second-order valence-corrected chi connectivity index (χ2v) is 14.0. The van der Waals surface area contributed by atoms with E-state index in [2.05, 4.69) is 64.1 Å². The lowest BCUT2D eigenvalue weighted by molar-refractivity contribution is 0.231. The maximum Gasteiger partial charge on any atom is 0.131 e. The topological polar surface area (TPSA) is 18.5 Å². The molecule has 0 saturated heterocycles. The largest absolute Gasteiger partial charge is 0.490 e. The van der Waals surface area contributed by atoms with Crippen molar-refractivity contribution >= 4 is 27.8 Å². The summed E-state index contributed by atoms with van der Waals surface area (Å²) in [6, 6.07) is 13.7. The van der Waals surface area contributed by atoms with Gasteiger partial charge in [-0.25, -0.2) is 0 Å². The number of ether oxygens (including phenoxy) is 2. The molecule has 0 bridgehead atoms. The summed E-state index contributed by atoms with van der Waals surface area (Å²) in [4.78, 5) is 0. The maximum atomic E-state index is 6.34. The van der Waals surface area contributed by atoms with Crippen LogP contribution >= 0.6 is 17.2 Å². The third-order valence-corrected chi connectivity index (χ3v) is 10.3. The molecule has 2 aromatic carbocycles. The van der Waals surface area contributed by atoms with Crippen molar-refractivity contribution in [2.24, 2.45) is 0 Å². The first kappa shape index (κ1) is 26.0. The molecule has 2 saturated carbocycles. The van der Waals surface area contributed by atoms with Crippen molar-refractivity contribution < 1.29 is 9.47 Å². The van der Waals surface area contributed by atoms with Crippen LogP contribution in [0.3, 0.4) is 0 Å². The average Bonchev–Trinajstić information content (AvgIpc) is 2.81. The van der Waals surface area contributed by atoms with Crippen molar-refractivity contribution in [3.8, 4) is 22.6 Å². The van der Waals surface area contributed by atoms with E-state index in [1.165, 1.54) is 75.1 Å². The minimum atomic E-state index is 0.129. The zero-order valence-electron chi connectivity index (χ0n) is 21.7. The van der Waals surface area contributed by atoms with Gasteiger partial charge in [-0.05, 0) is 99.1 Å². The van der Waals surface area contributed by atoms with Crippen LogP contribution in [0.2, 0.25) is 0 Å². The third-order valence-electron chi connectivity index (χ3n) is 6.94. The summed E-state index contributed by atoms with van der Waals surface area (Å²) in [5.74, 6) is 1.90. The highest BCUT2D eigenvalue weighted by Gasteiger charge is 2.22. The molecule has 0 N–H and O–H groups in total. The van der Waals surface area contributed by atoms with E-state index in [0.29, 0.717) is 0 Å². The molecule has 4 heteroatoms. The van der Waals surface area contributed by atoms with Gasteiger partial charge in [-0.3, -0.25) is 0 Å². The molecule has 0 radical (unpaired) electrons. The predicted molar refractivity (Wildman–Crippen MR) is 153 cm³/mol. The van der Waals surface area contributed by atoms with E-state index in [1.54, 1.807) is 5.30 Å². The average molecular weight is 499 g/mol. The molecule has 2 aliphatic rings. The molecular formula is C30H44O2P2. The summed E-state index contributed by atoms with van der Waals surface area (Å²) in [7, 11) is 1.81. The van der Waals surface area contributed by atoms with Crippen molar-refractivity contribution in [2.75, 3.05) is 0 Å². The standard InChI is InChI=1S/C30H44O2P2/c1-21(2)31-27-16-11-17-28(32-22(3)4)30(27)26-19-18-25(33-23-12-7-5-8-13-23)20-29(26)34-24-14-9-6-10-15-24/h11,16-24,33-34H,5-10,12-15H2,1-4H3. The highest BCUT2D eigenvalue weighted by molar-refractivity contribution is 7.50. The van der Waals surface area contributed by atoms with E-state index in [4.69, 9.17) is 9.47 Å². The lowest BCUT2D eigenvalue weighted by Gasteiger charge is -2.26. The molecule has 2 nitrogen and oxygen atoms in total. The SMILES string of the molecule is CC(C)Oc1cccc(OC(C)C)c1-c1ccc(PC2CCCCC2)cc1PC1CCCCC1. The first-order chi connectivity index (χ1) is 16.5. The van der Waals surface area contributed by atoms with Crippen LogP contribution in [-0.2, 0) is 0 Å². The van der Waals surface area contributed by atoms with Crippen molar-refractivity contribution in [3.05, 3.63) is 36.4 Å². The Bertz CT molecular complexity index is 884. The summed E-state index contributed by atoms with van der Waals surface area (Å²) < 4.78 is 12.7. The van der Waals surface area contributed by atoms with E-state index < -0.39 is 0 Å². The molecule has 2 aromatic rings. The van der Waals surface area contributed by atoms with Gasteiger partial charge >= 0.3 is 0 Å². The van der Waals surface area contributed by atoms with Crippen LogP contribution in [-0.4, -0.2) is 23.5 Å². The number of hydrogen-bond acceptors (Lipinski definition) is 2. The number of hydrogen-bond donors (Lipinski definition) is 0. The van der Waals surface area contributed by atoms with Crippen molar-refractivity contribution in [1.82, 2.24) is 0 Å². The van der Waals surface area contributed by atoms with Crippen molar-refractivity contribution in [1.29, 1.82) is 0 Å². The molecule has 0 heterocycles. The second-order valence-electron chi connectivity index (χ2n) is 10.7. The van der Waals surface area contributed by atoms with Crippen LogP contribution in [0.25, 0.3) is 11.1 Å². The monoisotopic (exact) mass is 498 g/mol. The second kappa shape index (κ2) is 12.7. The van der Waals surface area contributed by atoms with Gasteiger partial charge in [0.25, 0.3) is 0 Å². The van der Waals surface area contributed by atoms with Gasteiger partial charge in [0, 0.05) is 0 Å². The summed E-state index contributed by atoms with van der Waals surface area (Å²) in [5.41, 5.74) is 4.19. The molecular weight excluding hydrogens is 454 g/mol. The predicted octanol–water partition coefficient (Wildman–Crippen LogP) is 8.20. The van der Waals surface area contributed by atoms with Gasteiger partial charge in [0.1, 0.15) is 11.5 Å². The van der Waals surface area contributed by atoms with E-state index in [-0.39, 0.29) is 12.2 Å². The Morgan fingerprint density at radius 2 is 1.21 bits per heavy atom. The van der Waals surface area contributed by atoms with Crippen LogP contribution in [0.5, 0.6) is 11.5 Å². The zero-order valence-corrected chi connectivity index (χ0v) is 23.7. The molecule has 34 heavy (non-hydrogen) atoms. The fourth-order valence-electron chi connectivity index (χ4n) is 5.40. The Labute approximate surface area is 211 Å². The quantitative estimate of drug-likeness (QED) is 0.324. The molecule has 2 atom stereocenters. The van der Waals surface area contributed by atoms with Crippen LogP contribution in [0.15, 0.2) is 36.4 Å². The van der Waals surface area contributed by atoms with Gasteiger partial charge in [0.2, 0.25) is 0 Å². The lowest BCUT2D eigenvalue weighted by Crippen LogP contribution is -2.18. The number of benzene rings is 2. The minimum absolute atomic E-state index is 0.129. The first-order valence-corrected chi connectivity index (χ1v) is 15.8. The van der Waals surface area contributed by atoms with Gasteiger partial charge in [-0.2, -0.15) is 0 Å². The van der Waals surface area contributed by atoms with Crippen LogP contribution in [0.1, 0.15) is 91.9 Å². The molecule has 186 valence electrons. The first-order valence-electron chi connectivity index (χ1n) is 13.6. The molecule has 0 aromatic heterocycles. The summed E-state index contributed by atoms with van der Waals surface area (Å²) in [6.45, 7) is 8.44. The highest BCUT2D eigenvalue weighted by atomic mass is 31.1. The zero-order chi connectivity index (χ0) is 23.9. The molecule has 2 fully saturated rings. The van der Waals surface area contributed by atoms with E-state index in [9.17, 15) is 0 Å². The number of rotatable bonds is 9. The third kappa shape index (κ3) is 7.21. The van der Waals surface area contributed by atoms with Crippen LogP contribution < -0.4 is 20.1 Å². The fraction of sp³-hybridized carbons (Fsp3) is 0.600. The molecule has 0 aliphatic heterocycles. The highest BCUT2D eigenvalue weighted by Crippen LogP contribution is 2.43. The van der Waals surface area contributed by atoms with Gasteiger partial charge in [0.05, 0.1) is 17.8 Å². The minimum Gasteiger partial charge on any atom is -0.490 e. The lowest BCUT2D eigenvalue weighted by atomic mass is 10.0. The van der Waals surface area contributed by atoms with Gasteiger partial charge < -0.3 is 9.47 Å². The Balaban J connectivity index is 1.74. The van der Waals surface area contributed by atoms with Crippen LogP contribution in [0.4, 0.5) is 0 Å². The fourth-order valence-corrected chi connectivity index (χ4v) is 8.86. The molecule has 0 amide bonds. The molecule has 2 aliphatic carbocycles. The maximum absolute atomic E-state index is 6.34. The molecule has 4 rings (SSSR count). The Morgan fingerprint density at radius 3 is 1.74 bits per heavy atom. The van der Waals surface area contributed by atoms with Gasteiger partial charge in [0.15, 0.2) is 0 Å².